The van der Waals surface area contributed by atoms with Gasteiger partial charge in [-0.1, -0.05) is 0 Å². The second kappa shape index (κ2) is 9.67. The van der Waals surface area contributed by atoms with Gasteiger partial charge in [-0.05, 0) is 20.0 Å². The summed E-state index contributed by atoms with van der Waals surface area (Å²) < 4.78 is 4.87. The molecule has 0 aliphatic rings. The molecule has 0 heterocycles. The lowest BCUT2D eigenvalue weighted by molar-refractivity contribution is -0.137. The molecule has 0 spiro atoms. The lowest BCUT2D eigenvalue weighted by Gasteiger charge is -2.26. The lowest BCUT2D eigenvalue weighted by atomic mass is 10.4. The predicted molar refractivity (Wildman–Crippen MR) is 67.7 cm³/mol. The quantitative estimate of drug-likeness (QED) is 0.556. The fraction of sp³-hybridized carbons (Fsp3) is 0.818. The van der Waals surface area contributed by atoms with Crippen molar-refractivity contribution >= 4 is 12.0 Å². The summed E-state index contributed by atoms with van der Waals surface area (Å²) in [6.45, 7) is 1.69. The highest BCUT2D eigenvalue weighted by Crippen LogP contribution is 1.98. The maximum atomic E-state index is 12.0. The zero-order valence-corrected chi connectivity index (χ0v) is 11.3. The molecule has 7 nitrogen and oxygen atoms in total. The number of carboxylic acids is 1. The molecule has 0 rings (SSSR count). The molecule has 0 saturated carbocycles. The molecule has 0 saturated heterocycles. The first-order chi connectivity index (χ1) is 8.52. The SMILES string of the molecule is CNCCCN(C)C(=O)N(CCOC)CC(=O)O. The van der Waals surface area contributed by atoms with Crippen molar-refractivity contribution in [1.29, 1.82) is 0 Å². The highest BCUT2D eigenvalue weighted by Gasteiger charge is 2.19. The van der Waals surface area contributed by atoms with E-state index in [1.54, 1.807) is 7.05 Å². The van der Waals surface area contributed by atoms with Crippen LogP contribution in [0.1, 0.15) is 6.42 Å². The van der Waals surface area contributed by atoms with E-state index in [9.17, 15) is 9.59 Å². The smallest absolute Gasteiger partial charge is 0.323 e. The molecule has 0 aliphatic heterocycles. The number of nitrogens with zero attached hydrogens (tertiary/aromatic N) is 2. The number of urea groups is 1. The highest BCUT2D eigenvalue weighted by molar-refractivity contribution is 5.80. The third-order valence-corrected chi connectivity index (χ3v) is 2.41. The number of carbonyl (C=O) groups excluding carboxylic acids is 1. The van der Waals surface area contributed by atoms with Crippen LogP contribution in [0.15, 0.2) is 0 Å². The number of carbonyl (C=O) groups is 2. The van der Waals surface area contributed by atoms with Crippen LogP contribution in [0.5, 0.6) is 0 Å². The average molecular weight is 261 g/mol. The molecule has 2 N–H and O–H groups in total. The Balaban J connectivity index is 4.28. The monoisotopic (exact) mass is 261 g/mol. The van der Waals surface area contributed by atoms with Crippen molar-refractivity contribution in [3.05, 3.63) is 0 Å². The minimum atomic E-state index is -1.02. The summed E-state index contributed by atoms with van der Waals surface area (Å²) in [5, 5.41) is 11.8. The van der Waals surface area contributed by atoms with Gasteiger partial charge >= 0.3 is 12.0 Å². The van der Waals surface area contributed by atoms with Crippen LogP contribution >= 0.6 is 0 Å². The zero-order valence-electron chi connectivity index (χ0n) is 11.3. The molecule has 7 heteroatoms. The molecule has 0 aromatic rings. The van der Waals surface area contributed by atoms with Gasteiger partial charge in [-0.3, -0.25) is 4.79 Å². The standard InChI is InChI=1S/C11H23N3O4/c1-12-5-4-6-13(2)11(17)14(7-8-18-3)9-10(15)16/h12H,4-9H2,1-3H3,(H,15,16). The number of carboxylic acid groups (broad SMARTS) is 1. The zero-order chi connectivity index (χ0) is 14.0. The number of aliphatic carboxylic acids is 1. The fourth-order valence-corrected chi connectivity index (χ4v) is 1.44. The van der Waals surface area contributed by atoms with Gasteiger partial charge in [0.25, 0.3) is 0 Å². The van der Waals surface area contributed by atoms with Gasteiger partial charge < -0.3 is 25.0 Å². The second-order valence-corrected chi connectivity index (χ2v) is 3.97. The molecule has 0 fully saturated rings. The van der Waals surface area contributed by atoms with E-state index in [-0.39, 0.29) is 19.1 Å². The first-order valence-corrected chi connectivity index (χ1v) is 5.88. The Morgan fingerprint density at radius 3 is 2.50 bits per heavy atom. The first-order valence-electron chi connectivity index (χ1n) is 5.88. The van der Waals surface area contributed by atoms with Gasteiger partial charge in [-0.15, -0.1) is 0 Å². The molecule has 18 heavy (non-hydrogen) atoms. The Morgan fingerprint density at radius 2 is 2.00 bits per heavy atom. The summed E-state index contributed by atoms with van der Waals surface area (Å²) in [6, 6.07) is -0.287. The number of ether oxygens (including phenoxy) is 1. The Hall–Kier alpha value is -1.34. The summed E-state index contributed by atoms with van der Waals surface area (Å²) in [6.07, 6.45) is 0.823. The predicted octanol–water partition coefficient (Wildman–Crippen LogP) is -0.319. The first kappa shape index (κ1) is 16.7. The van der Waals surface area contributed by atoms with Crippen LogP contribution in [0.25, 0.3) is 0 Å². The molecule has 0 radical (unpaired) electrons. The normalized spacial score (nSPS) is 10.2. The summed E-state index contributed by atoms with van der Waals surface area (Å²) >= 11 is 0. The number of hydrogen-bond acceptors (Lipinski definition) is 4. The van der Waals surface area contributed by atoms with Crippen LogP contribution < -0.4 is 5.32 Å². The van der Waals surface area contributed by atoms with E-state index in [4.69, 9.17) is 9.84 Å². The van der Waals surface area contributed by atoms with E-state index in [0.717, 1.165) is 13.0 Å². The number of rotatable bonds is 9. The highest BCUT2D eigenvalue weighted by atomic mass is 16.5. The van der Waals surface area contributed by atoms with Crippen LogP contribution in [0, 0.1) is 0 Å². The van der Waals surface area contributed by atoms with Crippen molar-refractivity contribution in [1.82, 2.24) is 15.1 Å². The van der Waals surface area contributed by atoms with E-state index in [1.165, 1.54) is 16.9 Å². The molecule has 0 aromatic heterocycles. The third-order valence-electron chi connectivity index (χ3n) is 2.41. The van der Waals surface area contributed by atoms with Crippen LogP contribution in [-0.2, 0) is 9.53 Å². The molecular weight excluding hydrogens is 238 g/mol. The molecule has 0 bridgehead atoms. The fourth-order valence-electron chi connectivity index (χ4n) is 1.44. The maximum Gasteiger partial charge on any atom is 0.323 e. The second-order valence-electron chi connectivity index (χ2n) is 3.97. The van der Waals surface area contributed by atoms with Gasteiger partial charge in [-0.25, -0.2) is 4.79 Å². The van der Waals surface area contributed by atoms with Gasteiger partial charge in [0.2, 0.25) is 0 Å². The van der Waals surface area contributed by atoms with E-state index < -0.39 is 5.97 Å². The van der Waals surface area contributed by atoms with Crippen molar-refractivity contribution in [2.45, 2.75) is 6.42 Å². The molecule has 0 aromatic carbocycles. The van der Waals surface area contributed by atoms with Gasteiger partial charge in [0.05, 0.1) is 6.61 Å². The Morgan fingerprint density at radius 1 is 1.33 bits per heavy atom. The lowest BCUT2D eigenvalue weighted by Crippen LogP contribution is -2.45. The number of amides is 2. The summed E-state index contributed by atoms with van der Waals surface area (Å²) in [7, 11) is 5.02. The number of hydrogen-bond donors (Lipinski definition) is 2. The Labute approximate surface area is 108 Å². The van der Waals surface area contributed by atoms with E-state index in [1.807, 2.05) is 7.05 Å². The van der Waals surface area contributed by atoms with E-state index in [2.05, 4.69) is 5.32 Å². The minimum absolute atomic E-state index is 0.276. The molecule has 2 amide bonds. The van der Waals surface area contributed by atoms with Crippen LogP contribution in [-0.4, -0.2) is 80.9 Å². The Bertz CT molecular complexity index is 261. The molecule has 0 atom stereocenters. The Kier molecular flexibility index (Phi) is 8.95. The average Bonchev–Trinajstić information content (AvgIpc) is 2.33. The van der Waals surface area contributed by atoms with Crippen molar-refractivity contribution in [3.63, 3.8) is 0 Å². The van der Waals surface area contributed by atoms with Crippen LogP contribution in [0.2, 0.25) is 0 Å². The molecule has 106 valence electrons. The van der Waals surface area contributed by atoms with Crippen LogP contribution in [0.4, 0.5) is 4.79 Å². The van der Waals surface area contributed by atoms with Gasteiger partial charge in [0, 0.05) is 27.2 Å². The topological polar surface area (TPSA) is 82.1 Å². The summed E-state index contributed by atoms with van der Waals surface area (Å²) in [4.78, 5) is 25.5. The van der Waals surface area contributed by atoms with Crippen molar-refractivity contribution in [2.24, 2.45) is 0 Å². The third kappa shape index (κ3) is 7.08. The summed E-state index contributed by atoms with van der Waals surface area (Å²) in [5.41, 5.74) is 0. The molecule has 0 aliphatic carbocycles. The van der Waals surface area contributed by atoms with E-state index in [0.29, 0.717) is 13.2 Å². The van der Waals surface area contributed by atoms with Gasteiger partial charge in [0.15, 0.2) is 0 Å². The minimum Gasteiger partial charge on any atom is -0.480 e. The van der Waals surface area contributed by atoms with E-state index >= 15 is 0 Å². The van der Waals surface area contributed by atoms with Crippen molar-refractivity contribution < 1.29 is 19.4 Å². The van der Waals surface area contributed by atoms with Gasteiger partial charge in [-0.2, -0.15) is 0 Å². The van der Waals surface area contributed by atoms with Crippen LogP contribution in [0.3, 0.4) is 0 Å². The summed E-state index contributed by atoms with van der Waals surface area (Å²) in [5.74, 6) is -1.02. The maximum absolute atomic E-state index is 12.0. The number of nitrogens with one attached hydrogen (secondary N) is 1. The van der Waals surface area contributed by atoms with Crippen molar-refractivity contribution in [2.75, 3.05) is 54.0 Å². The molecule has 0 unspecified atom stereocenters. The van der Waals surface area contributed by atoms with Gasteiger partial charge in [0.1, 0.15) is 6.54 Å². The molecular formula is C11H23N3O4. The van der Waals surface area contributed by atoms with Crippen molar-refractivity contribution in [3.8, 4) is 0 Å². The largest absolute Gasteiger partial charge is 0.480 e. The number of methoxy groups -OCH3 is 1.